The molecule has 0 unspecified atom stereocenters. The molecule has 2 aromatic carbocycles. The second-order valence-electron chi connectivity index (χ2n) is 6.39. The van der Waals surface area contributed by atoms with Crippen LogP contribution < -0.4 is 15.5 Å². The van der Waals surface area contributed by atoms with Crippen LogP contribution in [0, 0.1) is 0 Å². The number of anilines is 1. The van der Waals surface area contributed by atoms with Crippen LogP contribution in [0.5, 0.6) is 5.75 Å². The maximum atomic E-state index is 12.7. The van der Waals surface area contributed by atoms with Gasteiger partial charge >= 0.3 is 5.97 Å². The molecule has 0 saturated carbocycles. The molecule has 0 aliphatic rings. The van der Waals surface area contributed by atoms with Crippen molar-refractivity contribution in [2.45, 2.75) is 6.92 Å². The van der Waals surface area contributed by atoms with E-state index in [-0.39, 0.29) is 53.9 Å². The van der Waals surface area contributed by atoms with E-state index in [0.29, 0.717) is 10.7 Å². The molecule has 0 aliphatic carbocycles. The fourth-order valence-corrected chi connectivity index (χ4v) is 3.10. The van der Waals surface area contributed by atoms with Gasteiger partial charge in [-0.1, -0.05) is 29.3 Å². The molecule has 1 aromatic heterocycles. The highest BCUT2D eigenvalue weighted by atomic mass is 35.5. The van der Waals surface area contributed by atoms with Crippen molar-refractivity contribution in [2.24, 2.45) is 0 Å². The molecule has 0 spiro atoms. The number of hydrogen-bond donors (Lipinski definition) is 1. The Balaban J connectivity index is 1.70. The molecule has 0 radical (unpaired) electrons. The molecule has 0 atom stereocenters. The second-order valence-corrected chi connectivity index (χ2v) is 7.24. The number of rotatable bonds is 9. The Morgan fingerprint density at radius 3 is 2.69 bits per heavy atom. The van der Waals surface area contributed by atoms with Gasteiger partial charge in [0.2, 0.25) is 0 Å². The van der Waals surface area contributed by atoms with Crippen LogP contribution in [0.4, 0.5) is 5.69 Å². The van der Waals surface area contributed by atoms with E-state index in [9.17, 15) is 14.4 Å². The molecule has 1 heterocycles. The fraction of sp³-hybridized carbons (Fsp3) is 0.227. The van der Waals surface area contributed by atoms with Crippen LogP contribution in [-0.4, -0.2) is 38.3 Å². The highest BCUT2D eigenvalue weighted by molar-refractivity contribution is 6.34. The number of carbonyl (C=O) groups is 2. The van der Waals surface area contributed by atoms with E-state index in [1.807, 2.05) is 0 Å². The van der Waals surface area contributed by atoms with E-state index in [0.717, 1.165) is 6.07 Å². The van der Waals surface area contributed by atoms with Crippen LogP contribution in [0.15, 0.2) is 51.7 Å². The Morgan fingerprint density at radius 2 is 1.91 bits per heavy atom. The summed E-state index contributed by atoms with van der Waals surface area (Å²) >= 11 is 12.1. The molecule has 168 valence electrons. The average Bonchev–Trinajstić information content (AvgIpc) is 2.76. The smallest absolute Gasteiger partial charge is 0.332 e. The highest BCUT2D eigenvalue weighted by Gasteiger charge is 2.16. The normalized spacial score (nSPS) is 10.7. The number of esters is 1. The third-order valence-electron chi connectivity index (χ3n) is 4.13. The van der Waals surface area contributed by atoms with E-state index in [1.165, 1.54) is 6.07 Å². The quantitative estimate of drug-likeness (QED) is 0.360. The fourth-order valence-electron chi connectivity index (χ4n) is 2.73. The lowest BCUT2D eigenvalue weighted by molar-refractivity contribution is -0.148. The third kappa shape index (κ3) is 6.00. The monoisotopic (exact) mass is 479 g/mol. The van der Waals surface area contributed by atoms with Crippen LogP contribution in [-0.2, 0) is 14.3 Å². The predicted molar refractivity (Wildman–Crippen MR) is 120 cm³/mol. The first-order valence-electron chi connectivity index (χ1n) is 9.58. The highest BCUT2D eigenvalue weighted by Crippen LogP contribution is 2.29. The minimum Gasteiger partial charge on any atom is -0.489 e. The van der Waals surface area contributed by atoms with Crippen molar-refractivity contribution in [2.75, 3.05) is 31.7 Å². The minimum atomic E-state index is -0.672. The molecule has 0 fully saturated rings. The van der Waals surface area contributed by atoms with Gasteiger partial charge in [0.05, 0.1) is 29.3 Å². The van der Waals surface area contributed by atoms with Crippen molar-refractivity contribution in [3.63, 3.8) is 0 Å². The molecule has 3 aromatic rings. The summed E-state index contributed by atoms with van der Waals surface area (Å²) in [6.07, 6.45) is 0. The topological polar surface area (TPSA) is 104 Å². The van der Waals surface area contributed by atoms with E-state index in [2.05, 4.69) is 5.32 Å². The number of benzene rings is 2. The Morgan fingerprint density at radius 1 is 1.09 bits per heavy atom. The summed E-state index contributed by atoms with van der Waals surface area (Å²) in [6, 6.07) is 10.4. The van der Waals surface area contributed by atoms with Gasteiger partial charge in [0.25, 0.3) is 5.91 Å². The summed E-state index contributed by atoms with van der Waals surface area (Å²) in [5.41, 5.74) is 0.0232. The van der Waals surface area contributed by atoms with Gasteiger partial charge in [-0.25, -0.2) is 4.79 Å². The molecular weight excluding hydrogens is 461 g/mol. The van der Waals surface area contributed by atoms with E-state index < -0.39 is 17.3 Å². The zero-order chi connectivity index (χ0) is 23.1. The van der Waals surface area contributed by atoms with Crippen LogP contribution in [0.2, 0.25) is 10.0 Å². The van der Waals surface area contributed by atoms with E-state index in [1.54, 1.807) is 37.3 Å². The van der Waals surface area contributed by atoms with Crippen molar-refractivity contribution < 1.29 is 28.2 Å². The Kier molecular flexibility index (Phi) is 8.10. The van der Waals surface area contributed by atoms with Crippen LogP contribution >= 0.6 is 23.2 Å². The van der Waals surface area contributed by atoms with Crippen molar-refractivity contribution in [3.8, 4) is 5.75 Å². The maximum Gasteiger partial charge on any atom is 0.332 e. The van der Waals surface area contributed by atoms with E-state index in [4.69, 9.17) is 41.8 Å². The summed E-state index contributed by atoms with van der Waals surface area (Å²) in [7, 11) is 0. The number of amides is 1. The average molecular weight is 480 g/mol. The Hall–Kier alpha value is -3.07. The predicted octanol–water partition coefficient (Wildman–Crippen LogP) is 4.31. The second kappa shape index (κ2) is 11.0. The van der Waals surface area contributed by atoms with Gasteiger partial charge in [0.1, 0.15) is 19.0 Å². The maximum absolute atomic E-state index is 12.7. The molecule has 3 rings (SSSR count). The largest absolute Gasteiger partial charge is 0.489 e. The van der Waals surface area contributed by atoms with Gasteiger partial charge in [-0.2, -0.15) is 0 Å². The van der Waals surface area contributed by atoms with Crippen LogP contribution in [0.3, 0.4) is 0 Å². The summed E-state index contributed by atoms with van der Waals surface area (Å²) in [6.45, 7) is 1.97. The first-order chi connectivity index (χ1) is 15.4. The number of fused-ring (bicyclic) bond motifs is 1. The standard InChI is InChI=1S/C22H19Cl2NO7/c1-2-30-20(27)12-29-8-9-31-18-10-13(23)6-7-16(18)25-22(28)19-11-17(26)14-4-3-5-15(24)21(14)32-19/h3-7,10-11H,2,8-9,12H2,1H3,(H,25,28). The number of hydrogen-bond acceptors (Lipinski definition) is 7. The van der Waals surface area contributed by atoms with Crippen LogP contribution in [0.25, 0.3) is 11.0 Å². The summed E-state index contributed by atoms with van der Waals surface area (Å²) in [5, 5.41) is 3.50. The number of carbonyl (C=O) groups excluding carboxylic acids is 2. The van der Waals surface area contributed by atoms with Gasteiger partial charge in [0, 0.05) is 17.2 Å². The van der Waals surface area contributed by atoms with Crippen molar-refractivity contribution in [1.29, 1.82) is 0 Å². The van der Waals surface area contributed by atoms with Crippen molar-refractivity contribution >= 4 is 51.7 Å². The van der Waals surface area contributed by atoms with Gasteiger partial charge in [-0.3, -0.25) is 9.59 Å². The third-order valence-corrected chi connectivity index (χ3v) is 4.67. The molecule has 0 saturated heterocycles. The minimum absolute atomic E-state index is 0.0866. The summed E-state index contributed by atoms with van der Waals surface area (Å²) in [5.74, 6) is -1.09. The molecule has 0 bridgehead atoms. The van der Waals surface area contributed by atoms with Gasteiger partial charge < -0.3 is 23.9 Å². The number of para-hydroxylation sites is 1. The lowest BCUT2D eigenvalue weighted by atomic mass is 10.2. The lowest BCUT2D eigenvalue weighted by Gasteiger charge is -2.13. The first kappa shape index (κ1) is 23.6. The Bertz CT molecular complexity index is 1190. The molecule has 8 nitrogen and oxygen atoms in total. The molecule has 1 N–H and O–H groups in total. The summed E-state index contributed by atoms with van der Waals surface area (Å²) < 4.78 is 21.1. The molecular formula is C22H19Cl2NO7. The SMILES string of the molecule is CCOC(=O)COCCOc1cc(Cl)ccc1NC(=O)c1cc(=O)c2cccc(Cl)c2o1. The zero-order valence-corrected chi connectivity index (χ0v) is 18.5. The lowest BCUT2D eigenvalue weighted by Crippen LogP contribution is -2.17. The molecule has 0 aliphatic heterocycles. The number of ether oxygens (including phenoxy) is 3. The van der Waals surface area contributed by atoms with Crippen molar-refractivity contribution in [1.82, 2.24) is 0 Å². The molecule has 10 heteroatoms. The van der Waals surface area contributed by atoms with Gasteiger partial charge in [-0.05, 0) is 31.2 Å². The van der Waals surface area contributed by atoms with E-state index >= 15 is 0 Å². The Labute approximate surface area is 193 Å². The number of halogens is 2. The zero-order valence-electron chi connectivity index (χ0n) is 17.0. The molecule has 1 amide bonds. The van der Waals surface area contributed by atoms with Crippen LogP contribution in [0.1, 0.15) is 17.5 Å². The van der Waals surface area contributed by atoms with Crippen molar-refractivity contribution in [3.05, 3.63) is 68.5 Å². The number of nitrogens with one attached hydrogen (secondary N) is 1. The first-order valence-corrected chi connectivity index (χ1v) is 10.3. The molecule has 32 heavy (non-hydrogen) atoms. The van der Waals surface area contributed by atoms with Gasteiger partial charge in [0.15, 0.2) is 16.8 Å². The van der Waals surface area contributed by atoms with Gasteiger partial charge in [-0.15, -0.1) is 0 Å². The summed E-state index contributed by atoms with van der Waals surface area (Å²) in [4.78, 5) is 36.3.